The summed E-state index contributed by atoms with van der Waals surface area (Å²) in [7, 11) is -3.78. The minimum Gasteiger partial charge on any atom is -0.449 e. The predicted molar refractivity (Wildman–Crippen MR) is 107 cm³/mol. The highest BCUT2D eigenvalue weighted by molar-refractivity contribution is 7.89. The third-order valence-electron chi connectivity index (χ3n) is 3.73. The van der Waals surface area contributed by atoms with Gasteiger partial charge in [-0.15, -0.1) is 0 Å². The van der Waals surface area contributed by atoms with Crippen LogP contribution in [0.2, 0.25) is 0 Å². The summed E-state index contributed by atoms with van der Waals surface area (Å²) in [5, 5.41) is 11.6. The summed E-state index contributed by atoms with van der Waals surface area (Å²) in [6.07, 6.45) is -1.16. The third kappa shape index (κ3) is 5.88. The molecule has 2 aromatic rings. The van der Waals surface area contributed by atoms with Gasteiger partial charge in [0.2, 0.25) is 10.0 Å². The molecule has 0 saturated heterocycles. The first-order valence-corrected chi connectivity index (χ1v) is 10.3. The Balaban J connectivity index is 2.11. The molecule has 2 N–H and O–H groups in total. The van der Waals surface area contributed by atoms with Gasteiger partial charge in [-0.3, -0.25) is 4.79 Å². The van der Waals surface area contributed by atoms with Gasteiger partial charge in [-0.25, -0.2) is 17.9 Å². The van der Waals surface area contributed by atoms with Crippen LogP contribution < -0.4 is 10.0 Å². The second-order valence-corrected chi connectivity index (χ2v) is 8.21. The molecule has 1 amide bonds. The van der Waals surface area contributed by atoms with Crippen molar-refractivity contribution in [3.8, 4) is 6.07 Å². The molecular formula is C20H21N3O5S. The van der Waals surface area contributed by atoms with Crippen LogP contribution in [-0.2, 0) is 19.6 Å². The van der Waals surface area contributed by atoms with E-state index in [0.29, 0.717) is 5.69 Å². The number of esters is 1. The molecule has 0 fully saturated rings. The van der Waals surface area contributed by atoms with Gasteiger partial charge in [-0.1, -0.05) is 18.2 Å². The first-order valence-electron chi connectivity index (χ1n) is 8.77. The van der Waals surface area contributed by atoms with E-state index in [4.69, 9.17) is 10.00 Å². The summed E-state index contributed by atoms with van der Waals surface area (Å²) >= 11 is 0. The number of nitriles is 1. The molecule has 0 spiro atoms. The van der Waals surface area contributed by atoms with Gasteiger partial charge in [-0.05, 0) is 51.1 Å². The summed E-state index contributed by atoms with van der Waals surface area (Å²) in [5.41, 5.74) is 0.569. The minimum absolute atomic E-state index is 0.00583. The quantitative estimate of drug-likeness (QED) is 0.669. The Kier molecular flexibility index (Phi) is 7.09. The largest absolute Gasteiger partial charge is 0.449 e. The van der Waals surface area contributed by atoms with Gasteiger partial charge in [-0.2, -0.15) is 5.26 Å². The van der Waals surface area contributed by atoms with Crippen molar-refractivity contribution in [2.24, 2.45) is 0 Å². The number of nitrogens with zero attached hydrogens (tertiary/aromatic N) is 1. The number of nitrogens with one attached hydrogen (secondary N) is 2. The van der Waals surface area contributed by atoms with Crippen molar-refractivity contribution in [1.82, 2.24) is 4.72 Å². The molecule has 29 heavy (non-hydrogen) atoms. The molecule has 0 aliphatic heterocycles. The number of ether oxygens (including phenoxy) is 1. The average Bonchev–Trinajstić information content (AvgIpc) is 2.67. The Hall–Kier alpha value is -3.22. The van der Waals surface area contributed by atoms with Crippen molar-refractivity contribution >= 4 is 27.6 Å². The van der Waals surface area contributed by atoms with Crippen molar-refractivity contribution < 1.29 is 22.7 Å². The van der Waals surface area contributed by atoms with Gasteiger partial charge in [0.25, 0.3) is 5.91 Å². The Morgan fingerprint density at radius 3 is 2.41 bits per heavy atom. The molecule has 0 radical (unpaired) electrons. The molecule has 9 heteroatoms. The molecule has 0 bridgehead atoms. The zero-order valence-corrected chi connectivity index (χ0v) is 17.0. The van der Waals surface area contributed by atoms with Gasteiger partial charge in [0, 0.05) is 6.04 Å². The Morgan fingerprint density at radius 1 is 1.07 bits per heavy atom. The fourth-order valence-corrected chi connectivity index (χ4v) is 3.67. The smallest absolute Gasteiger partial charge is 0.338 e. The fraction of sp³-hybridized carbons (Fsp3) is 0.250. The Morgan fingerprint density at radius 2 is 1.76 bits per heavy atom. The van der Waals surface area contributed by atoms with E-state index >= 15 is 0 Å². The lowest BCUT2D eigenvalue weighted by molar-refractivity contribution is -0.123. The molecule has 2 aromatic carbocycles. The zero-order chi connectivity index (χ0) is 21.6. The van der Waals surface area contributed by atoms with Crippen molar-refractivity contribution in [2.45, 2.75) is 37.8 Å². The van der Waals surface area contributed by atoms with Crippen molar-refractivity contribution in [3.05, 3.63) is 59.7 Å². The highest BCUT2D eigenvalue weighted by atomic mass is 32.2. The van der Waals surface area contributed by atoms with E-state index < -0.39 is 28.0 Å². The number of hydrogen-bond donors (Lipinski definition) is 2. The van der Waals surface area contributed by atoms with Crippen LogP contribution in [0, 0.1) is 11.3 Å². The standard InChI is InChI=1S/C20H21N3O5S/c1-13(2)23-29(26,27)17-9-6-8-15(11-17)20(25)28-14(3)19(24)22-18-10-5-4-7-16(18)12-21/h4-11,13-14,23H,1-3H3,(H,22,24)/t14-/m0/s1. The first kappa shape index (κ1) is 22.1. The molecular weight excluding hydrogens is 394 g/mol. The molecule has 0 aliphatic carbocycles. The van der Waals surface area contributed by atoms with E-state index in [1.54, 1.807) is 38.1 Å². The number of sulfonamides is 1. The number of rotatable bonds is 7. The number of carbonyl (C=O) groups excluding carboxylic acids is 2. The molecule has 0 heterocycles. The van der Waals surface area contributed by atoms with Crippen LogP contribution >= 0.6 is 0 Å². The highest BCUT2D eigenvalue weighted by Gasteiger charge is 2.22. The lowest BCUT2D eigenvalue weighted by atomic mass is 10.2. The predicted octanol–water partition coefficient (Wildman–Crippen LogP) is 2.43. The fourth-order valence-electron chi connectivity index (χ4n) is 2.37. The molecule has 152 valence electrons. The number of para-hydroxylation sites is 1. The van der Waals surface area contributed by atoms with Gasteiger partial charge >= 0.3 is 5.97 Å². The van der Waals surface area contributed by atoms with Crippen LogP contribution in [-0.4, -0.2) is 32.4 Å². The van der Waals surface area contributed by atoms with E-state index in [0.717, 1.165) is 0 Å². The van der Waals surface area contributed by atoms with E-state index in [1.807, 2.05) is 6.07 Å². The number of amides is 1. The van der Waals surface area contributed by atoms with Crippen LogP contribution in [0.15, 0.2) is 53.4 Å². The summed E-state index contributed by atoms with van der Waals surface area (Å²) < 4.78 is 32.1. The van der Waals surface area contributed by atoms with E-state index in [2.05, 4.69) is 10.0 Å². The van der Waals surface area contributed by atoms with Crippen LogP contribution in [0.4, 0.5) is 5.69 Å². The number of anilines is 1. The molecule has 2 rings (SSSR count). The lowest BCUT2D eigenvalue weighted by Gasteiger charge is -2.15. The first-order chi connectivity index (χ1) is 13.6. The van der Waals surface area contributed by atoms with Crippen LogP contribution in [0.1, 0.15) is 36.7 Å². The molecule has 0 unspecified atom stereocenters. The number of benzene rings is 2. The third-order valence-corrected chi connectivity index (χ3v) is 5.39. The van der Waals surface area contributed by atoms with Crippen molar-refractivity contribution in [1.29, 1.82) is 5.26 Å². The van der Waals surface area contributed by atoms with E-state index in [-0.39, 0.29) is 22.1 Å². The number of hydrogen-bond acceptors (Lipinski definition) is 6. The normalized spacial score (nSPS) is 12.1. The highest BCUT2D eigenvalue weighted by Crippen LogP contribution is 2.16. The average molecular weight is 415 g/mol. The summed E-state index contributed by atoms with van der Waals surface area (Å²) in [5.74, 6) is -1.46. The van der Waals surface area contributed by atoms with Crippen LogP contribution in [0.3, 0.4) is 0 Å². The second kappa shape index (κ2) is 9.32. The van der Waals surface area contributed by atoms with E-state index in [9.17, 15) is 18.0 Å². The Bertz CT molecular complexity index is 1060. The van der Waals surface area contributed by atoms with Crippen LogP contribution in [0.5, 0.6) is 0 Å². The second-order valence-electron chi connectivity index (χ2n) is 6.50. The maximum atomic E-state index is 12.4. The van der Waals surface area contributed by atoms with E-state index in [1.165, 1.54) is 31.2 Å². The lowest BCUT2D eigenvalue weighted by Crippen LogP contribution is -2.31. The van der Waals surface area contributed by atoms with Crippen LogP contribution in [0.25, 0.3) is 0 Å². The maximum absolute atomic E-state index is 12.4. The molecule has 0 saturated carbocycles. The minimum atomic E-state index is -3.78. The van der Waals surface area contributed by atoms with Gasteiger partial charge < -0.3 is 10.1 Å². The van der Waals surface area contributed by atoms with Gasteiger partial charge in [0.05, 0.1) is 21.7 Å². The maximum Gasteiger partial charge on any atom is 0.338 e. The summed E-state index contributed by atoms with van der Waals surface area (Å²) in [6, 6.07) is 13.4. The topological polar surface area (TPSA) is 125 Å². The zero-order valence-electron chi connectivity index (χ0n) is 16.2. The SMILES string of the molecule is CC(C)NS(=O)(=O)c1cccc(C(=O)O[C@@H](C)C(=O)Nc2ccccc2C#N)c1. The molecule has 1 atom stereocenters. The molecule has 0 aromatic heterocycles. The molecule has 0 aliphatic rings. The molecule has 8 nitrogen and oxygen atoms in total. The Labute approximate surface area is 169 Å². The van der Waals surface area contributed by atoms with Gasteiger partial charge in [0.1, 0.15) is 6.07 Å². The summed E-state index contributed by atoms with van der Waals surface area (Å²) in [6.45, 7) is 4.74. The monoisotopic (exact) mass is 415 g/mol. The number of carbonyl (C=O) groups is 2. The van der Waals surface area contributed by atoms with Crippen molar-refractivity contribution in [2.75, 3.05) is 5.32 Å². The summed E-state index contributed by atoms with van der Waals surface area (Å²) in [4.78, 5) is 24.6. The van der Waals surface area contributed by atoms with Crippen molar-refractivity contribution in [3.63, 3.8) is 0 Å². The van der Waals surface area contributed by atoms with Gasteiger partial charge in [0.15, 0.2) is 6.10 Å².